The van der Waals surface area contributed by atoms with E-state index in [0.717, 1.165) is 26.1 Å². The van der Waals surface area contributed by atoms with Gasteiger partial charge in [0.25, 0.3) is 6.47 Å². The van der Waals surface area contributed by atoms with Crippen molar-refractivity contribution >= 4 is 6.47 Å². The summed E-state index contributed by atoms with van der Waals surface area (Å²) in [5, 5.41) is 0. The summed E-state index contributed by atoms with van der Waals surface area (Å²) in [6.45, 7) is 9.33. The molecule has 0 aromatic carbocycles. The maximum atomic E-state index is 9.91. The number of carbonyl (C=O) groups excluding carboxylic acids is 1. The fourth-order valence-electron chi connectivity index (χ4n) is 2.48. The fraction of sp³-hybridized carbons (Fsp3) is 0.952. The second kappa shape index (κ2) is 25.3. The predicted octanol–water partition coefficient (Wildman–Crippen LogP) is 2.48. The molecule has 0 rings (SSSR count). The highest BCUT2D eigenvalue weighted by atomic mass is 16.6. The van der Waals surface area contributed by atoms with Crippen LogP contribution in [-0.4, -0.2) is 92.9 Å². The Hall–Kier alpha value is -0.770. The van der Waals surface area contributed by atoms with E-state index in [1.54, 1.807) is 7.11 Å². The highest BCUT2D eigenvalue weighted by Gasteiger charge is 2.02. The monoisotopic (exact) mass is 422 g/mol. The zero-order valence-corrected chi connectivity index (χ0v) is 18.4. The Morgan fingerprint density at radius 2 is 1.07 bits per heavy atom. The van der Waals surface area contributed by atoms with Gasteiger partial charge in [-0.05, 0) is 18.8 Å². The van der Waals surface area contributed by atoms with E-state index in [1.165, 1.54) is 19.3 Å². The van der Waals surface area contributed by atoms with E-state index in [9.17, 15) is 4.79 Å². The molecule has 174 valence electrons. The molecule has 1 unspecified atom stereocenters. The first-order chi connectivity index (χ1) is 14.3. The van der Waals surface area contributed by atoms with E-state index in [-0.39, 0.29) is 6.61 Å². The molecule has 0 aliphatic carbocycles. The average Bonchev–Trinajstić information content (AvgIpc) is 2.72. The van der Waals surface area contributed by atoms with Gasteiger partial charge in [-0.15, -0.1) is 0 Å². The number of unbranched alkanes of at least 4 members (excludes halogenated alkanes) is 2. The lowest BCUT2D eigenvalue weighted by molar-refractivity contribution is -0.130. The van der Waals surface area contributed by atoms with Crippen LogP contribution in [0.25, 0.3) is 0 Å². The zero-order valence-electron chi connectivity index (χ0n) is 18.4. The molecular weight excluding hydrogens is 380 g/mol. The van der Waals surface area contributed by atoms with E-state index in [1.807, 2.05) is 0 Å². The maximum absolute atomic E-state index is 9.91. The summed E-state index contributed by atoms with van der Waals surface area (Å²) >= 11 is 0. The summed E-state index contributed by atoms with van der Waals surface area (Å²) in [6, 6.07) is 0. The molecule has 0 aromatic heterocycles. The van der Waals surface area contributed by atoms with Crippen LogP contribution >= 0.6 is 0 Å². The minimum Gasteiger partial charge on any atom is -0.465 e. The van der Waals surface area contributed by atoms with Crippen LogP contribution in [0.2, 0.25) is 0 Å². The van der Waals surface area contributed by atoms with Crippen molar-refractivity contribution in [2.24, 2.45) is 5.92 Å². The minimum absolute atomic E-state index is 0.270. The van der Waals surface area contributed by atoms with Gasteiger partial charge in [0.2, 0.25) is 0 Å². The predicted molar refractivity (Wildman–Crippen MR) is 110 cm³/mol. The van der Waals surface area contributed by atoms with Gasteiger partial charge in [0.1, 0.15) is 6.61 Å². The lowest BCUT2D eigenvalue weighted by atomic mass is 10.0. The van der Waals surface area contributed by atoms with Crippen LogP contribution in [0.3, 0.4) is 0 Å². The SMILES string of the molecule is COCCCCCC(C)CCOCCOCCOCCOCCOCCOC=O. The second-order valence-corrected chi connectivity index (χ2v) is 6.76. The second-order valence-electron chi connectivity index (χ2n) is 6.76. The Morgan fingerprint density at radius 3 is 1.55 bits per heavy atom. The number of carbonyl (C=O) groups is 1. The highest BCUT2D eigenvalue weighted by molar-refractivity contribution is 5.36. The molecule has 0 radical (unpaired) electrons. The standard InChI is InChI=1S/C21H42O8/c1-21(6-4-3-5-8-23-2)7-9-24-10-11-25-12-13-26-14-15-27-16-17-28-18-19-29-20-22/h20-21H,3-19H2,1-2H3. The topological polar surface area (TPSA) is 81.7 Å². The summed E-state index contributed by atoms with van der Waals surface area (Å²) in [5.41, 5.74) is 0. The van der Waals surface area contributed by atoms with Crippen molar-refractivity contribution in [3.63, 3.8) is 0 Å². The summed E-state index contributed by atoms with van der Waals surface area (Å²) in [7, 11) is 1.75. The number of hydrogen-bond donors (Lipinski definition) is 0. The zero-order chi connectivity index (χ0) is 21.3. The van der Waals surface area contributed by atoms with E-state index >= 15 is 0 Å². The first-order valence-electron chi connectivity index (χ1n) is 10.7. The molecule has 29 heavy (non-hydrogen) atoms. The van der Waals surface area contributed by atoms with Crippen molar-refractivity contribution in [2.75, 3.05) is 86.4 Å². The Labute approximate surface area is 176 Å². The molecular formula is C21H42O8. The van der Waals surface area contributed by atoms with Gasteiger partial charge < -0.3 is 33.2 Å². The molecule has 0 N–H and O–H groups in total. The third-order valence-corrected chi connectivity index (χ3v) is 4.20. The number of ether oxygens (including phenoxy) is 7. The number of hydrogen-bond acceptors (Lipinski definition) is 8. The molecule has 1 atom stereocenters. The van der Waals surface area contributed by atoms with Crippen molar-refractivity contribution in [3.8, 4) is 0 Å². The van der Waals surface area contributed by atoms with Gasteiger partial charge in [0, 0.05) is 20.3 Å². The van der Waals surface area contributed by atoms with Crippen LogP contribution in [0.15, 0.2) is 0 Å². The lowest BCUT2D eigenvalue weighted by Crippen LogP contribution is -2.14. The third kappa shape index (κ3) is 25.2. The van der Waals surface area contributed by atoms with Gasteiger partial charge in [-0.2, -0.15) is 0 Å². The highest BCUT2D eigenvalue weighted by Crippen LogP contribution is 2.13. The van der Waals surface area contributed by atoms with E-state index in [0.29, 0.717) is 71.9 Å². The van der Waals surface area contributed by atoms with Crippen molar-refractivity contribution in [2.45, 2.75) is 39.0 Å². The van der Waals surface area contributed by atoms with Crippen LogP contribution in [0, 0.1) is 5.92 Å². The smallest absolute Gasteiger partial charge is 0.293 e. The van der Waals surface area contributed by atoms with Crippen molar-refractivity contribution in [1.82, 2.24) is 0 Å². The van der Waals surface area contributed by atoms with Gasteiger partial charge in [-0.25, -0.2) is 0 Å². The van der Waals surface area contributed by atoms with E-state index < -0.39 is 0 Å². The molecule has 0 spiro atoms. The number of methoxy groups -OCH3 is 1. The van der Waals surface area contributed by atoms with Crippen molar-refractivity contribution in [1.29, 1.82) is 0 Å². The maximum Gasteiger partial charge on any atom is 0.293 e. The molecule has 8 nitrogen and oxygen atoms in total. The van der Waals surface area contributed by atoms with Crippen LogP contribution < -0.4 is 0 Å². The van der Waals surface area contributed by atoms with Crippen LogP contribution in [0.5, 0.6) is 0 Å². The Morgan fingerprint density at radius 1 is 0.586 bits per heavy atom. The Balaban J connectivity index is 3.08. The molecule has 0 bridgehead atoms. The molecule has 0 fully saturated rings. The van der Waals surface area contributed by atoms with Gasteiger partial charge in [-0.1, -0.05) is 26.2 Å². The molecule has 0 aliphatic heterocycles. The number of rotatable bonds is 25. The average molecular weight is 423 g/mol. The summed E-state index contributed by atoms with van der Waals surface area (Å²) in [4.78, 5) is 9.91. The van der Waals surface area contributed by atoms with Crippen LogP contribution in [-0.2, 0) is 38.0 Å². The van der Waals surface area contributed by atoms with Gasteiger partial charge in [-0.3, -0.25) is 4.79 Å². The van der Waals surface area contributed by atoms with Crippen molar-refractivity contribution in [3.05, 3.63) is 0 Å². The van der Waals surface area contributed by atoms with E-state index in [4.69, 9.17) is 28.4 Å². The summed E-state index contributed by atoms with van der Waals surface area (Å²) < 4.78 is 36.6. The molecule has 0 aromatic rings. The minimum atomic E-state index is 0.270. The van der Waals surface area contributed by atoms with Crippen LogP contribution in [0.1, 0.15) is 39.0 Å². The van der Waals surface area contributed by atoms with Gasteiger partial charge in [0.05, 0.1) is 59.5 Å². The van der Waals surface area contributed by atoms with Gasteiger partial charge in [0.15, 0.2) is 0 Å². The molecule has 0 heterocycles. The molecule has 0 aliphatic rings. The lowest BCUT2D eigenvalue weighted by Gasteiger charge is -2.11. The largest absolute Gasteiger partial charge is 0.465 e. The summed E-state index contributed by atoms with van der Waals surface area (Å²) in [6.07, 6.45) is 6.03. The van der Waals surface area contributed by atoms with Crippen LogP contribution in [0.4, 0.5) is 0 Å². The van der Waals surface area contributed by atoms with Gasteiger partial charge >= 0.3 is 0 Å². The Bertz CT molecular complexity index is 317. The first-order valence-corrected chi connectivity index (χ1v) is 10.7. The quantitative estimate of drug-likeness (QED) is 0.164. The first kappa shape index (κ1) is 28.2. The normalized spacial score (nSPS) is 12.2. The summed E-state index contributed by atoms with van der Waals surface area (Å²) in [5.74, 6) is 0.706. The molecule has 8 heteroatoms. The van der Waals surface area contributed by atoms with E-state index in [2.05, 4.69) is 11.7 Å². The molecule has 0 saturated carbocycles. The third-order valence-electron chi connectivity index (χ3n) is 4.20. The molecule has 0 saturated heterocycles. The Kier molecular flexibility index (Phi) is 24.6. The fourth-order valence-corrected chi connectivity index (χ4v) is 2.48. The van der Waals surface area contributed by atoms with Crippen molar-refractivity contribution < 1.29 is 38.0 Å². The molecule has 0 amide bonds.